The van der Waals surface area contributed by atoms with Crippen molar-refractivity contribution in [2.24, 2.45) is 0 Å². The van der Waals surface area contributed by atoms with Crippen molar-refractivity contribution in [3.8, 4) is 23.8 Å². The Labute approximate surface area is 183 Å². The van der Waals surface area contributed by atoms with E-state index < -0.39 is 5.97 Å². The second-order valence-electron chi connectivity index (χ2n) is 6.00. The number of thioether (sulfide) groups is 1. The lowest BCUT2D eigenvalue weighted by Gasteiger charge is -2.14. The molecule has 0 bridgehead atoms. The lowest BCUT2D eigenvalue weighted by atomic mass is 10.1. The summed E-state index contributed by atoms with van der Waals surface area (Å²) < 4.78 is 11.4. The van der Waals surface area contributed by atoms with Crippen molar-refractivity contribution in [1.82, 2.24) is 0 Å². The molecular formula is C22H17NO5S2. The van der Waals surface area contributed by atoms with Crippen LogP contribution in [0.15, 0.2) is 47.4 Å². The fourth-order valence-corrected chi connectivity index (χ4v) is 4.04. The minimum absolute atomic E-state index is 0.0782. The molecular weight excluding hydrogens is 422 g/mol. The Morgan fingerprint density at radius 1 is 1.27 bits per heavy atom. The van der Waals surface area contributed by atoms with Gasteiger partial charge in [-0.2, -0.15) is 0 Å². The number of anilines is 1. The van der Waals surface area contributed by atoms with Crippen LogP contribution in [0.25, 0.3) is 6.08 Å². The summed E-state index contributed by atoms with van der Waals surface area (Å²) in [6.45, 7) is 2.42. The van der Waals surface area contributed by atoms with E-state index in [1.807, 2.05) is 6.92 Å². The van der Waals surface area contributed by atoms with Crippen molar-refractivity contribution >= 4 is 51.9 Å². The van der Waals surface area contributed by atoms with E-state index in [9.17, 15) is 14.7 Å². The summed E-state index contributed by atoms with van der Waals surface area (Å²) >= 11 is 6.50. The molecule has 0 unspecified atom stereocenters. The highest BCUT2D eigenvalue weighted by Gasteiger charge is 2.33. The highest BCUT2D eigenvalue weighted by atomic mass is 32.2. The molecule has 152 valence electrons. The number of carboxylic acids is 1. The van der Waals surface area contributed by atoms with Crippen LogP contribution in [0.1, 0.15) is 22.8 Å². The number of benzene rings is 2. The molecule has 6 nitrogen and oxygen atoms in total. The average molecular weight is 440 g/mol. The van der Waals surface area contributed by atoms with Crippen molar-refractivity contribution in [3.63, 3.8) is 0 Å². The van der Waals surface area contributed by atoms with E-state index >= 15 is 0 Å². The van der Waals surface area contributed by atoms with Crippen LogP contribution in [0.5, 0.6) is 11.5 Å². The summed E-state index contributed by atoms with van der Waals surface area (Å²) in [5.74, 6) is 2.05. The summed E-state index contributed by atoms with van der Waals surface area (Å²) in [7, 11) is 0. The Kier molecular flexibility index (Phi) is 6.77. The zero-order valence-corrected chi connectivity index (χ0v) is 17.6. The first-order chi connectivity index (χ1) is 14.4. The number of carbonyl (C=O) groups excluding carboxylic acids is 1. The van der Waals surface area contributed by atoms with Crippen molar-refractivity contribution in [3.05, 3.63) is 58.5 Å². The summed E-state index contributed by atoms with van der Waals surface area (Å²) in [4.78, 5) is 25.9. The van der Waals surface area contributed by atoms with E-state index in [1.165, 1.54) is 17.0 Å². The minimum Gasteiger partial charge on any atom is -0.490 e. The SMILES string of the molecule is C#CCOc1ccc(/C=C2\SC(=S)N(c3cccc(C(=O)O)c3)C2=O)cc1OCC. The molecule has 1 N–H and O–H groups in total. The molecule has 1 aliphatic rings. The van der Waals surface area contributed by atoms with Crippen LogP contribution in [-0.2, 0) is 4.79 Å². The average Bonchev–Trinajstić information content (AvgIpc) is 3.00. The Balaban J connectivity index is 1.90. The number of thiocarbonyl (C=S) groups is 1. The van der Waals surface area contributed by atoms with Crippen LogP contribution in [0.4, 0.5) is 5.69 Å². The van der Waals surface area contributed by atoms with Gasteiger partial charge in [0.15, 0.2) is 15.8 Å². The number of aromatic carboxylic acids is 1. The van der Waals surface area contributed by atoms with Gasteiger partial charge in [-0.3, -0.25) is 9.69 Å². The lowest BCUT2D eigenvalue weighted by molar-refractivity contribution is -0.113. The van der Waals surface area contributed by atoms with Gasteiger partial charge in [-0.25, -0.2) is 4.79 Å². The van der Waals surface area contributed by atoms with Gasteiger partial charge in [-0.05, 0) is 48.9 Å². The van der Waals surface area contributed by atoms with E-state index in [-0.39, 0.29) is 18.1 Å². The van der Waals surface area contributed by atoms with E-state index in [0.717, 1.165) is 17.3 Å². The summed E-state index contributed by atoms with van der Waals surface area (Å²) in [5, 5.41) is 9.19. The van der Waals surface area contributed by atoms with Gasteiger partial charge in [0.1, 0.15) is 6.61 Å². The van der Waals surface area contributed by atoms with Gasteiger partial charge in [0.25, 0.3) is 5.91 Å². The van der Waals surface area contributed by atoms with Crippen LogP contribution in [0.3, 0.4) is 0 Å². The highest BCUT2D eigenvalue weighted by molar-refractivity contribution is 8.27. The molecule has 1 saturated heterocycles. The zero-order chi connectivity index (χ0) is 21.7. The van der Waals surface area contributed by atoms with Gasteiger partial charge in [-0.15, -0.1) is 6.42 Å². The van der Waals surface area contributed by atoms with Gasteiger partial charge in [0, 0.05) is 0 Å². The Hall–Kier alpha value is -3.28. The number of amides is 1. The largest absolute Gasteiger partial charge is 0.490 e. The van der Waals surface area contributed by atoms with Crippen LogP contribution in [-0.4, -0.2) is 34.5 Å². The van der Waals surface area contributed by atoms with Gasteiger partial charge in [-0.1, -0.05) is 42.0 Å². The second kappa shape index (κ2) is 9.48. The third-order valence-corrected chi connectivity index (χ3v) is 5.32. The number of hydrogen-bond donors (Lipinski definition) is 1. The molecule has 3 rings (SSSR count). The zero-order valence-electron chi connectivity index (χ0n) is 16.0. The van der Waals surface area contributed by atoms with Crippen LogP contribution in [0, 0.1) is 12.3 Å². The van der Waals surface area contributed by atoms with Gasteiger partial charge in [0.2, 0.25) is 0 Å². The van der Waals surface area contributed by atoms with Gasteiger partial charge < -0.3 is 14.6 Å². The normalized spacial score (nSPS) is 14.7. The van der Waals surface area contributed by atoms with E-state index in [2.05, 4.69) is 5.92 Å². The maximum atomic E-state index is 12.9. The van der Waals surface area contributed by atoms with E-state index in [0.29, 0.717) is 33.0 Å². The quantitative estimate of drug-likeness (QED) is 0.394. The number of nitrogens with zero attached hydrogens (tertiary/aromatic N) is 1. The number of rotatable bonds is 7. The molecule has 8 heteroatoms. The Morgan fingerprint density at radius 3 is 2.77 bits per heavy atom. The van der Waals surface area contributed by atoms with E-state index in [4.69, 9.17) is 28.1 Å². The number of hydrogen-bond acceptors (Lipinski definition) is 6. The lowest BCUT2D eigenvalue weighted by Crippen LogP contribution is -2.27. The predicted molar refractivity (Wildman–Crippen MR) is 121 cm³/mol. The first-order valence-corrected chi connectivity index (χ1v) is 10.1. The minimum atomic E-state index is -1.08. The molecule has 1 aliphatic heterocycles. The third kappa shape index (κ3) is 4.64. The molecule has 1 fully saturated rings. The molecule has 1 heterocycles. The number of terminal acetylenes is 1. The highest BCUT2D eigenvalue weighted by Crippen LogP contribution is 2.37. The molecule has 0 aromatic heterocycles. The summed E-state index contributed by atoms with van der Waals surface area (Å²) in [6, 6.07) is 11.4. The smallest absolute Gasteiger partial charge is 0.335 e. The monoisotopic (exact) mass is 439 g/mol. The van der Waals surface area contributed by atoms with Crippen LogP contribution in [0.2, 0.25) is 0 Å². The maximum Gasteiger partial charge on any atom is 0.335 e. The molecule has 2 aromatic carbocycles. The number of carboxylic acid groups (broad SMARTS) is 1. The molecule has 1 amide bonds. The number of carbonyl (C=O) groups is 2. The Morgan fingerprint density at radius 2 is 2.07 bits per heavy atom. The fraction of sp³-hybridized carbons (Fsp3) is 0.136. The van der Waals surface area contributed by atoms with Crippen molar-refractivity contribution in [2.45, 2.75) is 6.92 Å². The standard InChI is InChI=1S/C22H17NO5S2/c1-3-10-28-17-9-8-14(11-18(17)27-4-2)12-19-20(24)23(22(29)30-19)16-7-5-6-15(13-16)21(25)26/h1,5-9,11-13H,4,10H2,2H3,(H,25,26)/b19-12-. The van der Waals surface area contributed by atoms with E-state index in [1.54, 1.807) is 36.4 Å². The summed E-state index contributed by atoms with van der Waals surface area (Å²) in [6.07, 6.45) is 6.94. The Bertz CT molecular complexity index is 1090. The van der Waals surface area contributed by atoms with Crippen molar-refractivity contribution in [1.29, 1.82) is 0 Å². The van der Waals surface area contributed by atoms with Gasteiger partial charge in [0.05, 0.1) is 22.8 Å². The molecule has 0 aliphatic carbocycles. The third-order valence-electron chi connectivity index (χ3n) is 4.02. The fourth-order valence-electron chi connectivity index (χ4n) is 2.74. The second-order valence-corrected chi connectivity index (χ2v) is 7.68. The molecule has 0 radical (unpaired) electrons. The first-order valence-electron chi connectivity index (χ1n) is 8.89. The summed E-state index contributed by atoms with van der Waals surface area (Å²) in [5.41, 5.74) is 1.22. The van der Waals surface area contributed by atoms with Crippen molar-refractivity contribution < 1.29 is 24.2 Å². The molecule has 0 atom stereocenters. The van der Waals surface area contributed by atoms with Crippen LogP contribution >= 0.6 is 24.0 Å². The molecule has 0 saturated carbocycles. The topological polar surface area (TPSA) is 76.1 Å². The number of ether oxygens (including phenoxy) is 2. The first kappa shape index (κ1) is 21.4. The van der Waals surface area contributed by atoms with Crippen LogP contribution < -0.4 is 14.4 Å². The van der Waals surface area contributed by atoms with Gasteiger partial charge >= 0.3 is 5.97 Å². The molecule has 30 heavy (non-hydrogen) atoms. The van der Waals surface area contributed by atoms with Crippen molar-refractivity contribution in [2.75, 3.05) is 18.1 Å². The molecule has 2 aromatic rings. The molecule has 0 spiro atoms. The predicted octanol–water partition coefficient (Wildman–Crippen LogP) is 4.20. The maximum absolute atomic E-state index is 12.9.